The Morgan fingerprint density at radius 3 is 2.12 bits per heavy atom. The highest BCUT2D eigenvalue weighted by molar-refractivity contribution is 5.91. The molecule has 1 fully saturated rings. The normalized spacial score (nSPS) is 18.4. The van der Waals surface area contributed by atoms with E-state index in [1.807, 2.05) is 0 Å². The zero-order valence-corrected chi connectivity index (χ0v) is 24.6. The number of rotatable bonds is 7. The van der Waals surface area contributed by atoms with Gasteiger partial charge in [0.1, 0.15) is 23.8 Å². The van der Waals surface area contributed by atoms with Gasteiger partial charge in [0, 0.05) is 12.5 Å². The second-order valence-electron chi connectivity index (χ2n) is 11.8. The predicted molar refractivity (Wildman–Crippen MR) is 142 cm³/mol. The number of benzene rings is 1. The molecule has 3 atom stereocenters. The van der Waals surface area contributed by atoms with Gasteiger partial charge in [0.25, 0.3) is 0 Å². The van der Waals surface area contributed by atoms with Gasteiger partial charge in [-0.15, -0.1) is 0 Å². The first kappa shape index (κ1) is 32.5. The molecule has 0 unspecified atom stereocenters. The van der Waals surface area contributed by atoms with E-state index < -0.39 is 65.1 Å². The molecular weight excluding hydrogens is 565 g/mol. The van der Waals surface area contributed by atoms with Crippen LogP contribution in [0.25, 0.3) is 10.9 Å². The molecule has 2 heterocycles. The number of alkyl carbamates (subject to hydrolysis) is 1. The van der Waals surface area contributed by atoms with E-state index in [0.717, 1.165) is 4.90 Å². The van der Waals surface area contributed by atoms with E-state index >= 15 is 0 Å². The fraction of sp³-hybridized carbons (Fsp3) is 0.593. The average Bonchev–Trinajstić information content (AvgIpc) is 3.28. The summed E-state index contributed by atoms with van der Waals surface area (Å²) < 4.78 is 62.6. The summed E-state index contributed by atoms with van der Waals surface area (Å²) in [6, 6.07) is -0.00556. The van der Waals surface area contributed by atoms with Gasteiger partial charge in [-0.3, -0.25) is 4.79 Å². The number of alkyl halides is 3. The van der Waals surface area contributed by atoms with Crippen LogP contribution in [0.15, 0.2) is 12.1 Å². The third-order valence-electron chi connectivity index (χ3n) is 6.30. The Kier molecular flexibility index (Phi) is 9.03. The summed E-state index contributed by atoms with van der Waals surface area (Å²) in [7, 11) is 2.65. The summed E-state index contributed by atoms with van der Waals surface area (Å²) in [4.78, 5) is 46.6. The number of amides is 2. The average molecular weight is 601 g/mol. The van der Waals surface area contributed by atoms with Crippen molar-refractivity contribution in [3.63, 3.8) is 0 Å². The lowest BCUT2D eigenvalue weighted by Crippen LogP contribution is -2.57. The summed E-state index contributed by atoms with van der Waals surface area (Å²) in [5, 5.41) is 12.5. The van der Waals surface area contributed by atoms with Crippen LogP contribution in [0.5, 0.6) is 17.4 Å². The molecule has 0 radical (unpaired) electrons. The summed E-state index contributed by atoms with van der Waals surface area (Å²) in [6.07, 6.45) is -7.12. The Hall–Kier alpha value is -4.04. The van der Waals surface area contributed by atoms with Crippen molar-refractivity contribution in [2.45, 2.75) is 77.9 Å². The molecule has 2 amide bonds. The standard InChI is InChI=1S/C27H35F3N4O8/c1-25(2,3)19(32-24(38)42-26(4,5)6)21(35)34-12-13(9-16(34)22(36)37)41-20-14-10-17(39-7)18(40-8)11-15(14)31-23(33-20)27(28,29)30/h10-11,13,16,19H,9,12H2,1-8H3,(H,32,38)(H,36,37)/t13-,16+,19-/m1/s1. The predicted octanol–water partition coefficient (Wildman–Crippen LogP) is 4.04. The lowest BCUT2D eigenvalue weighted by Gasteiger charge is -2.35. The van der Waals surface area contributed by atoms with Crippen LogP contribution in [0.3, 0.4) is 0 Å². The monoisotopic (exact) mass is 600 g/mol. The number of aromatic nitrogens is 2. The Morgan fingerprint density at radius 1 is 1.02 bits per heavy atom. The number of nitrogens with zero attached hydrogens (tertiary/aromatic N) is 3. The molecule has 1 saturated heterocycles. The lowest BCUT2D eigenvalue weighted by molar-refractivity contribution is -0.150. The number of fused-ring (bicyclic) bond motifs is 1. The highest BCUT2D eigenvalue weighted by Crippen LogP contribution is 2.38. The molecule has 0 aliphatic carbocycles. The summed E-state index contributed by atoms with van der Waals surface area (Å²) in [6.45, 7) is 9.68. The van der Waals surface area contributed by atoms with Gasteiger partial charge >= 0.3 is 18.2 Å². The van der Waals surface area contributed by atoms with Crippen LogP contribution in [0.2, 0.25) is 0 Å². The number of methoxy groups -OCH3 is 2. The molecule has 2 N–H and O–H groups in total. The fourth-order valence-corrected chi connectivity index (χ4v) is 4.40. The molecule has 1 aromatic heterocycles. The van der Waals surface area contributed by atoms with Crippen molar-refractivity contribution in [3.05, 3.63) is 18.0 Å². The number of hydrogen-bond acceptors (Lipinski definition) is 9. The lowest BCUT2D eigenvalue weighted by atomic mass is 9.85. The quantitative estimate of drug-likeness (QED) is 0.477. The fourth-order valence-electron chi connectivity index (χ4n) is 4.40. The van der Waals surface area contributed by atoms with Crippen molar-refractivity contribution in [2.75, 3.05) is 20.8 Å². The maximum atomic E-state index is 13.7. The number of carboxylic acid groups (broad SMARTS) is 1. The molecular formula is C27H35F3N4O8. The zero-order chi connectivity index (χ0) is 31.8. The minimum atomic E-state index is -4.92. The van der Waals surface area contributed by atoms with Crippen molar-refractivity contribution < 1.29 is 51.6 Å². The van der Waals surface area contributed by atoms with E-state index in [4.69, 9.17) is 18.9 Å². The Morgan fingerprint density at radius 2 is 1.62 bits per heavy atom. The highest BCUT2D eigenvalue weighted by Gasteiger charge is 2.46. The van der Waals surface area contributed by atoms with Crippen LogP contribution < -0.4 is 19.5 Å². The maximum absolute atomic E-state index is 13.7. The summed E-state index contributed by atoms with van der Waals surface area (Å²) in [5.41, 5.74) is -1.87. The van der Waals surface area contributed by atoms with Gasteiger partial charge in [-0.25, -0.2) is 14.6 Å². The first-order valence-electron chi connectivity index (χ1n) is 13.0. The number of hydrogen-bond donors (Lipinski definition) is 2. The molecule has 1 aliphatic rings. The van der Waals surface area contributed by atoms with Crippen molar-refractivity contribution >= 4 is 28.9 Å². The molecule has 15 heteroatoms. The Bertz CT molecular complexity index is 1350. The molecule has 1 aliphatic heterocycles. The third kappa shape index (κ3) is 7.42. The van der Waals surface area contributed by atoms with Crippen molar-refractivity contribution in [3.8, 4) is 17.4 Å². The second-order valence-corrected chi connectivity index (χ2v) is 11.8. The van der Waals surface area contributed by atoms with Crippen LogP contribution in [0, 0.1) is 5.41 Å². The van der Waals surface area contributed by atoms with Crippen LogP contribution >= 0.6 is 0 Å². The van der Waals surface area contributed by atoms with Gasteiger partial charge < -0.3 is 34.3 Å². The molecule has 0 spiro atoms. The van der Waals surface area contributed by atoms with Crippen LogP contribution in [-0.2, 0) is 20.5 Å². The van der Waals surface area contributed by atoms with Crippen molar-refractivity contribution in [2.24, 2.45) is 5.41 Å². The summed E-state index contributed by atoms with van der Waals surface area (Å²) >= 11 is 0. The van der Waals surface area contributed by atoms with E-state index in [-0.39, 0.29) is 35.4 Å². The van der Waals surface area contributed by atoms with Crippen LogP contribution in [0.4, 0.5) is 18.0 Å². The van der Waals surface area contributed by atoms with E-state index in [9.17, 15) is 32.7 Å². The van der Waals surface area contributed by atoms with Gasteiger partial charge in [-0.2, -0.15) is 18.2 Å². The van der Waals surface area contributed by atoms with E-state index in [1.54, 1.807) is 41.5 Å². The SMILES string of the molecule is COc1cc2nc(C(F)(F)F)nc(O[C@@H]3C[C@@H](C(=O)O)N(C(=O)[C@@H](NC(=O)OC(C)(C)C)C(C)(C)C)C3)c2cc1OC. The number of halogens is 3. The van der Waals surface area contributed by atoms with E-state index in [1.165, 1.54) is 26.4 Å². The molecule has 232 valence electrons. The van der Waals surface area contributed by atoms with Crippen LogP contribution in [0.1, 0.15) is 53.8 Å². The van der Waals surface area contributed by atoms with E-state index in [2.05, 4.69) is 15.3 Å². The number of aliphatic carboxylic acids is 1. The van der Waals surface area contributed by atoms with Crippen molar-refractivity contribution in [1.29, 1.82) is 0 Å². The van der Waals surface area contributed by atoms with Crippen LogP contribution in [-0.4, -0.2) is 82.5 Å². The Labute approximate surface area is 240 Å². The summed E-state index contributed by atoms with van der Waals surface area (Å²) in [5.74, 6) is -3.73. The number of likely N-dealkylation sites (tertiary alicyclic amines) is 1. The number of carbonyl (C=O) groups is 3. The number of carboxylic acids is 1. The minimum Gasteiger partial charge on any atom is -0.493 e. The number of nitrogens with one attached hydrogen (secondary N) is 1. The first-order chi connectivity index (χ1) is 19.2. The minimum absolute atomic E-state index is 0.0523. The molecule has 12 nitrogen and oxygen atoms in total. The van der Waals surface area contributed by atoms with Gasteiger partial charge in [0.2, 0.25) is 17.6 Å². The topological polar surface area (TPSA) is 149 Å². The zero-order valence-electron chi connectivity index (χ0n) is 24.6. The smallest absolute Gasteiger partial charge is 0.451 e. The molecule has 1 aromatic carbocycles. The molecule has 0 bridgehead atoms. The van der Waals surface area contributed by atoms with Gasteiger partial charge in [0.05, 0.1) is 31.7 Å². The Balaban J connectivity index is 1.99. The molecule has 0 saturated carbocycles. The molecule has 2 aromatic rings. The van der Waals surface area contributed by atoms with Crippen molar-refractivity contribution in [1.82, 2.24) is 20.2 Å². The van der Waals surface area contributed by atoms with Gasteiger partial charge in [0.15, 0.2) is 11.5 Å². The van der Waals surface area contributed by atoms with E-state index in [0.29, 0.717) is 0 Å². The first-order valence-corrected chi connectivity index (χ1v) is 13.0. The van der Waals surface area contributed by atoms with Gasteiger partial charge in [-0.05, 0) is 32.3 Å². The maximum Gasteiger partial charge on any atom is 0.451 e. The molecule has 3 rings (SSSR count). The number of carbonyl (C=O) groups excluding carboxylic acids is 2. The molecule has 42 heavy (non-hydrogen) atoms. The highest BCUT2D eigenvalue weighted by atomic mass is 19.4. The number of ether oxygens (including phenoxy) is 4. The second kappa shape index (κ2) is 11.7. The van der Waals surface area contributed by atoms with Gasteiger partial charge in [-0.1, -0.05) is 20.8 Å². The largest absolute Gasteiger partial charge is 0.493 e. The third-order valence-corrected chi connectivity index (χ3v) is 6.30.